The van der Waals surface area contributed by atoms with Crippen molar-refractivity contribution >= 4 is 28.4 Å². The first-order valence-electron chi connectivity index (χ1n) is 9.60. The molecule has 2 aromatic carbocycles. The molecule has 3 rings (SSSR count). The highest BCUT2D eigenvalue weighted by atomic mass is 16.5. The van der Waals surface area contributed by atoms with Crippen molar-refractivity contribution in [1.29, 1.82) is 0 Å². The summed E-state index contributed by atoms with van der Waals surface area (Å²) in [6.45, 7) is 7.79. The van der Waals surface area contributed by atoms with E-state index in [0.29, 0.717) is 23.4 Å². The highest BCUT2D eigenvalue weighted by molar-refractivity contribution is 6.08. The largest absolute Gasteiger partial charge is 0.494 e. The molecule has 150 valence electrons. The maximum absolute atomic E-state index is 13.1. The monoisotopic (exact) mass is 391 g/mol. The van der Waals surface area contributed by atoms with Gasteiger partial charge >= 0.3 is 0 Å². The minimum atomic E-state index is -0.228. The molecule has 6 nitrogen and oxygen atoms in total. The minimum Gasteiger partial charge on any atom is -0.494 e. The van der Waals surface area contributed by atoms with E-state index < -0.39 is 0 Å². The molecular formula is C23H25N3O3. The predicted octanol–water partition coefficient (Wildman–Crippen LogP) is 4.39. The molecule has 1 aromatic heterocycles. The molecule has 1 heterocycles. The lowest BCUT2D eigenvalue weighted by atomic mass is 10.0. The third-order valence-electron chi connectivity index (χ3n) is 4.55. The van der Waals surface area contributed by atoms with E-state index in [1.807, 2.05) is 57.2 Å². The van der Waals surface area contributed by atoms with E-state index in [1.165, 1.54) is 6.92 Å². The molecule has 0 bridgehead atoms. The number of ether oxygens (including phenoxy) is 1. The fourth-order valence-corrected chi connectivity index (χ4v) is 3.18. The Kier molecular flexibility index (Phi) is 6.12. The van der Waals surface area contributed by atoms with Crippen molar-refractivity contribution in [3.8, 4) is 5.75 Å². The normalized spacial score (nSPS) is 11.7. The summed E-state index contributed by atoms with van der Waals surface area (Å²) in [4.78, 5) is 29.1. The number of fused-ring (bicyclic) bond motifs is 1. The summed E-state index contributed by atoms with van der Waals surface area (Å²) in [5, 5.41) is 6.51. The molecule has 0 aliphatic heterocycles. The van der Waals surface area contributed by atoms with Gasteiger partial charge in [-0.15, -0.1) is 0 Å². The van der Waals surface area contributed by atoms with Crippen molar-refractivity contribution in [2.45, 2.75) is 33.7 Å². The Morgan fingerprint density at radius 3 is 2.48 bits per heavy atom. The summed E-state index contributed by atoms with van der Waals surface area (Å²) in [7, 11) is 0. The summed E-state index contributed by atoms with van der Waals surface area (Å²) in [6, 6.07) is 14.7. The highest BCUT2D eigenvalue weighted by Crippen LogP contribution is 2.25. The van der Waals surface area contributed by atoms with Crippen molar-refractivity contribution in [2.75, 3.05) is 11.9 Å². The average Bonchev–Trinajstić information content (AvgIpc) is 2.67. The van der Waals surface area contributed by atoms with Gasteiger partial charge in [-0.25, -0.2) is 0 Å². The lowest BCUT2D eigenvalue weighted by molar-refractivity contribution is -0.114. The summed E-state index contributed by atoms with van der Waals surface area (Å²) in [5.41, 5.74) is 3.48. The predicted molar refractivity (Wildman–Crippen MR) is 114 cm³/mol. The van der Waals surface area contributed by atoms with Gasteiger partial charge in [-0.1, -0.05) is 18.2 Å². The summed E-state index contributed by atoms with van der Waals surface area (Å²) in [5.74, 6) is 0.366. The SMILES string of the molecule is CCOc1ccc([C@H](C)NC(=O)c2cc(NC(C)=O)cc3nc(C)ccc23)cc1. The Hall–Kier alpha value is -3.41. The number of hydrogen-bond donors (Lipinski definition) is 2. The molecule has 1 atom stereocenters. The second-order valence-electron chi connectivity index (χ2n) is 6.92. The second-order valence-corrected chi connectivity index (χ2v) is 6.92. The number of anilines is 1. The number of pyridine rings is 1. The van der Waals surface area contributed by atoms with Crippen LogP contribution in [0.5, 0.6) is 5.75 Å². The molecule has 3 aromatic rings. The van der Waals surface area contributed by atoms with Crippen LogP contribution in [-0.2, 0) is 4.79 Å². The van der Waals surface area contributed by atoms with E-state index in [4.69, 9.17) is 4.74 Å². The smallest absolute Gasteiger partial charge is 0.252 e. The van der Waals surface area contributed by atoms with Crippen LogP contribution in [0.4, 0.5) is 5.69 Å². The average molecular weight is 391 g/mol. The number of carbonyl (C=O) groups is 2. The Labute approximate surface area is 170 Å². The first kappa shape index (κ1) is 20.3. The highest BCUT2D eigenvalue weighted by Gasteiger charge is 2.16. The molecule has 2 amide bonds. The van der Waals surface area contributed by atoms with Gasteiger partial charge in [0.25, 0.3) is 5.91 Å². The molecule has 6 heteroatoms. The Morgan fingerprint density at radius 2 is 1.83 bits per heavy atom. The second kappa shape index (κ2) is 8.73. The van der Waals surface area contributed by atoms with E-state index in [9.17, 15) is 9.59 Å². The maximum Gasteiger partial charge on any atom is 0.252 e. The number of rotatable bonds is 6. The van der Waals surface area contributed by atoms with E-state index in [-0.39, 0.29) is 17.9 Å². The number of nitrogens with one attached hydrogen (secondary N) is 2. The number of amides is 2. The Bertz CT molecular complexity index is 1050. The van der Waals surface area contributed by atoms with Crippen LogP contribution < -0.4 is 15.4 Å². The molecule has 0 saturated carbocycles. The lowest BCUT2D eigenvalue weighted by Gasteiger charge is -2.17. The van der Waals surface area contributed by atoms with E-state index >= 15 is 0 Å². The van der Waals surface area contributed by atoms with Gasteiger partial charge in [0, 0.05) is 23.7 Å². The Morgan fingerprint density at radius 1 is 1.10 bits per heavy atom. The van der Waals surface area contributed by atoms with E-state index in [2.05, 4.69) is 15.6 Å². The van der Waals surface area contributed by atoms with Crippen molar-refractivity contribution in [2.24, 2.45) is 0 Å². The minimum absolute atomic E-state index is 0.198. The number of hydrogen-bond acceptors (Lipinski definition) is 4. The first-order chi connectivity index (χ1) is 13.9. The zero-order valence-electron chi connectivity index (χ0n) is 17.1. The number of nitrogens with zero attached hydrogens (tertiary/aromatic N) is 1. The van der Waals surface area contributed by atoms with Crippen molar-refractivity contribution in [3.05, 3.63) is 65.4 Å². The van der Waals surface area contributed by atoms with Gasteiger partial charge in [-0.2, -0.15) is 0 Å². The molecule has 0 fully saturated rings. The van der Waals surface area contributed by atoms with Crippen molar-refractivity contribution in [3.63, 3.8) is 0 Å². The van der Waals surface area contributed by atoms with Crippen LogP contribution in [0.2, 0.25) is 0 Å². The van der Waals surface area contributed by atoms with Gasteiger partial charge in [0.1, 0.15) is 5.75 Å². The van der Waals surface area contributed by atoms with Gasteiger partial charge in [-0.3, -0.25) is 14.6 Å². The fourth-order valence-electron chi connectivity index (χ4n) is 3.18. The zero-order valence-corrected chi connectivity index (χ0v) is 17.1. The third-order valence-corrected chi connectivity index (χ3v) is 4.55. The van der Waals surface area contributed by atoms with Crippen LogP contribution in [0, 0.1) is 6.92 Å². The quantitative estimate of drug-likeness (QED) is 0.653. The van der Waals surface area contributed by atoms with Crippen LogP contribution in [0.15, 0.2) is 48.5 Å². The lowest BCUT2D eigenvalue weighted by Crippen LogP contribution is -2.27. The molecule has 0 spiro atoms. The standard InChI is InChI=1S/C23H25N3O3/c1-5-29-19-9-7-17(8-10-19)15(3)25-23(28)21-12-18(26-16(4)27)13-22-20(21)11-6-14(2)24-22/h6-13,15H,5H2,1-4H3,(H,25,28)(H,26,27)/t15-/m0/s1. The van der Waals surface area contributed by atoms with Crippen LogP contribution >= 0.6 is 0 Å². The summed E-state index contributed by atoms with van der Waals surface area (Å²) < 4.78 is 5.46. The summed E-state index contributed by atoms with van der Waals surface area (Å²) in [6.07, 6.45) is 0. The molecule has 0 unspecified atom stereocenters. The molecule has 0 aliphatic rings. The first-order valence-corrected chi connectivity index (χ1v) is 9.60. The van der Waals surface area contributed by atoms with Crippen molar-refractivity contribution < 1.29 is 14.3 Å². The topological polar surface area (TPSA) is 80.3 Å². The van der Waals surface area contributed by atoms with Crippen LogP contribution in [0.25, 0.3) is 10.9 Å². The summed E-state index contributed by atoms with van der Waals surface area (Å²) >= 11 is 0. The maximum atomic E-state index is 13.1. The third kappa shape index (κ3) is 4.90. The molecule has 2 N–H and O–H groups in total. The molecule has 29 heavy (non-hydrogen) atoms. The van der Waals surface area contributed by atoms with E-state index in [1.54, 1.807) is 12.1 Å². The van der Waals surface area contributed by atoms with Crippen LogP contribution in [0.1, 0.15) is 48.4 Å². The van der Waals surface area contributed by atoms with Gasteiger partial charge < -0.3 is 15.4 Å². The zero-order chi connectivity index (χ0) is 21.0. The number of aromatic nitrogens is 1. The van der Waals surface area contributed by atoms with Gasteiger partial charge in [-0.05, 0) is 56.7 Å². The van der Waals surface area contributed by atoms with Gasteiger partial charge in [0.05, 0.1) is 23.7 Å². The molecule has 0 saturated heterocycles. The van der Waals surface area contributed by atoms with Gasteiger partial charge in [0.15, 0.2) is 0 Å². The Balaban J connectivity index is 1.89. The number of aryl methyl sites for hydroxylation is 1. The number of benzene rings is 2. The molecular weight excluding hydrogens is 366 g/mol. The number of carbonyl (C=O) groups excluding carboxylic acids is 2. The van der Waals surface area contributed by atoms with Crippen molar-refractivity contribution in [1.82, 2.24) is 10.3 Å². The van der Waals surface area contributed by atoms with E-state index in [0.717, 1.165) is 22.4 Å². The van der Waals surface area contributed by atoms with Gasteiger partial charge in [0.2, 0.25) is 5.91 Å². The fraction of sp³-hybridized carbons (Fsp3) is 0.261. The molecule has 0 aliphatic carbocycles. The van der Waals surface area contributed by atoms with Crippen LogP contribution in [-0.4, -0.2) is 23.4 Å². The van der Waals surface area contributed by atoms with Crippen LogP contribution in [0.3, 0.4) is 0 Å². The molecule has 0 radical (unpaired) electrons.